The summed E-state index contributed by atoms with van der Waals surface area (Å²) < 4.78 is 0. The second-order valence-corrected chi connectivity index (χ2v) is 5.15. The number of para-hydroxylation sites is 2. The molecule has 4 N–H and O–H groups in total. The smallest absolute Gasteiger partial charge is 0.317 e. The Hall–Kier alpha value is -2.61. The number of amides is 2. The van der Waals surface area contributed by atoms with Crippen molar-refractivity contribution in [1.29, 1.82) is 0 Å². The number of imidazole rings is 1. The van der Waals surface area contributed by atoms with Crippen LogP contribution in [-0.2, 0) is 5.75 Å². The lowest BCUT2D eigenvalue weighted by Crippen LogP contribution is -2.20. The zero-order valence-corrected chi connectivity index (χ0v) is 11.7. The second kappa shape index (κ2) is 5.80. The van der Waals surface area contributed by atoms with Crippen LogP contribution in [0.15, 0.2) is 41.7 Å². The maximum atomic E-state index is 10.8. The third-order valence-electron chi connectivity index (χ3n) is 2.66. The minimum Gasteiger partial charge on any atom is -0.351 e. The van der Waals surface area contributed by atoms with Crippen molar-refractivity contribution in [1.82, 2.24) is 19.9 Å². The Kier molecular flexibility index (Phi) is 3.69. The molecule has 7 nitrogen and oxygen atoms in total. The van der Waals surface area contributed by atoms with Crippen LogP contribution < -0.4 is 11.1 Å². The van der Waals surface area contributed by atoms with E-state index in [0.717, 1.165) is 16.9 Å². The molecular weight excluding hydrogens is 288 g/mol. The first-order valence-electron chi connectivity index (χ1n) is 6.16. The van der Waals surface area contributed by atoms with E-state index in [1.807, 2.05) is 24.3 Å². The Morgan fingerprint density at radius 2 is 2.14 bits per heavy atom. The Bertz CT molecular complexity index is 754. The molecule has 3 rings (SSSR count). The number of aromatic amines is 1. The Morgan fingerprint density at radius 3 is 2.95 bits per heavy atom. The Labute approximate surface area is 124 Å². The van der Waals surface area contributed by atoms with Gasteiger partial charge in [-0.05, 0) is 18.2 Å². The quantitative estimate of drug-likeness (QED) is 0.505. The number of rotatable bonds is 4. The fourth-order valence-corrected chi connectivity index (χ4v) is 2.51. The van der Waals surface area contributed by atoms with Gasteiger partial charge in [0, 0.05) is 6.20 Å². The van der Waals surface area contributed by atoms with Gasteiger partial charge in [0.05, 0.1) is 16.8 Å². The highest BCUT2D eigenvalue weighted by molar-refractivity contribution is 7.98. The number of urea groups is 1. The number of benzene rings is 1. The number of nitrogens with one attached hydrogen (secondary N) is 2. The van der Waals surface area contributed by atoms with Crippen molar-refractivity contribution in [3.8, 4) is 0 Å². The molecule has 21 heavy (non-hydrogen) atoms. The summed E-state index contributed by atoms with van der Waals surface area (Å²) in [5, 5.41) is 2.96. The topological polar surface area (TPSA) is 110 Å². The van der Waals surface area contributed by atoms with Crippen LogP contribution in [0.5, 0.6) is 0 Å². The molecule has 2 aromatic heterocycles. The largest absolute Gasteiger partial charge is 0.351 e. The lowest BCUT2D eigenvalue weighted by atomic mass is 10.3. The van der Waals surface area contributed by atoms with Crippen LogP contribution in [0, 0.1) is 0 Å². The van der Waals surface area contributed by atoms with Crippen molar-refractivity contribution in [3.63, 3.8) is 0 Å². The summed E-state index contributed by atoms with van der Waals surface area (Å²) in [6, 6.07) is 8.76. The van der Waals surface area contributed by atoms with Gasteiger partial charge in [-0.3, -0.25) is 5.32 Å². The first kappa shape index (κ1) is 13.4. The molecule has 1 aromatic carbocycles. The lowest BCUT2D eigenvalue weighted by molar-refractivity contribution is 0.259. The average Bonchev–Trinajstić information content (AvgIpc) is 2.87. The first-order chi connectivity index (χ1) is 10.2. The van der Waals surface area contributed by atoms with Crippen LogP contribution >= 0.6 is 11.8 Å². The summed E-state index contributed by atoms with van der Waals surface area (Å²) in [5.74, 6) is 1.83. The van der Waals surface area contributed by atoms with Crippen molar-refractivity contribution in [2.45, 2.75) is 10.9 Å². The van der Waals surface area contributed by atoms with E-state index >= 15 is 0 Å². The maximum Gasteiger partial charge on any atom is 0.317 e. The van der Waals surface area contributed by atoms with Gasteiger partial charge in [-0.15, -0.1) is 0 Å². The molecule has 0 aliphatic carbocycles. The zero-order chi connectivity index (χ0) is 14.7. The summed E-state index contributed by atoms with van der Waals surface area (Å²) >= 11 is 1.42. The summed E-state index contributed by atoms with van der Waals surface area (Å²) in [7, 11) is 0. The van der Waals surface area contributed by atoms with Crippen molar-refractivity contribution in [2.24, 2.45) is 5.73 Å². The molecule has 0 saturated heterocycles. The molecule has 0 fully saturated rings. The summed E-state index contributed by atoms with van der Waals surface area (Å²) in [5.41, 5.74) is 6.98. The summed E-state index contributed by atoms with van der Waals surface area (Å²) in [6.45, 7) is 0. The van der Waals surface area contributed by atoms with Gasteiger partial charge >= 0.3 is 6.03 Å². The van der Waals surface area contributed by atoms with Crippen LogP contribution in [0.4, 0.5) is 10.6 Å². The first-order valence-corrected chi connectivity index (χ1v) is 7.15. The van der Waals surface area contributed by atoms with E-state index < -0.39 is 6.03 Å². The van der Waals surface area contributed by atoms with E-state index in [4.69, 9.17) is 5.73 Å². The minimum atomic E-state index is -0.651. The molecule has 2 heterocycles. The molecule has 0 spiro atoms. The minimum absolute atomic E-state index is 0.379. The molecule has 3 aromatic rings. The van der Waals surface area contributed by atoms with Crippen LogP contribution in [-0.4, -0.2) is 26.0 Å². The van der Waals surface area contributed by atoms with Crippen LogP contribution in [0.25, 0.3) is 11.0 Å². The molecule has 0 bridgehead atoms. The van der Waals surface area contributed by atoms with Crippen LogP contribution in [0.2, 0.25) is 0 Å². The van der Waals surface area contributed by atoms with Crippen molar-refractivity contribution in [2.75, 3.05) is 5.32 Å². The van der Waals surface area contributed by atoms with Gasteiger partial charge in [-0.1, -0.05) is 23.9 Å². The predicted molar refractivity (Wildman–Crippen MR) is 80.9 cm³/mol. The third-order valence-corrected chi connectivity index (χ3v) is 3.53. The van der Waals surface area contributed by atoms with E-state index in [0.29, 0.717) is 16.7 Å². The van der Waals surface area contributed by atoms with Crippen LogP contribution in [0.3, 0.4) is 0 Å². The number of hydrogen-bond acceptors (Lipinski definition) is 5. The number of fused-ring (bicyclic) bond motifs is 1. The van der Waals surface area contributed by atoms with Crippen molar-refractivity contribution < 1.29 is 4.79 Å². The number of nitrogens with zero attached hydrogens (tertiary/aromatic N) is 3. The number of thioether (sulfide) groups is 1. The monoisotopic (exact) mass is 300 g/mol. The fourth-order valence-electron chi connectivity index (χ4n) is 1.81. The number of hydrogen-bond donors (Lipinski definition) is 3. The molecule has 0 aliphatic heterocycles. The van der Waals surface area contributed by atoms with Gasteiger partial charge in [-0.2, -0.15) is 0 Å². The fraction of sp³-hybridized carbons (Fsp3) is 0.0769. The summed E-state index contributed by atoms with van der Waals surface area (Å²) in [6.07, 6.45) is 1.57. The van der Waals surface area contributed by atoms with Gasteiger partial charge in [0.1, 0.15) is 11.6 Å². The molecule has 0 saturated carbocycles. The van der Waals surface area contributed by atoms with Crippen molar-refractivity contribution >= 4 is 34.6 Å². The van der Waals surface area contributed by atoms with Crippen LogP contribution in [0.1, 0.15) is 5.82 Å². The molecule has 0 atom stereocenters. The standard InChI is InChI=1S/C13H12N6OS/c14-12(20)18-10-5-6-15-13(19-10)21-7-11-16-8-3-1-2-4-9(8)17-11/h1-6H,7H2,(H,16,17)(H3,14,15,18,19,20). The predicted octanol–water partition coefficient (Wildman–Crippen LogP) is 2.14. The van der Waals surface area contributed by atoms with E-state index in [1.54, 1.807) is 12.3 Å². The van der Waals surface area contributed by atoms with E-state index in [9.17, 15) is 4.79 Å². The van der Waals surface area contributed by atoms with Gasteiger partial charge in [0.2, 0.25) is 0 Å². The third kappa shape index (κ3) is 3.29. The number of carbonyl (C=O) groups excluding carboxylic acids is 1. The number of anilines is 1. The SMILES string of the molecule is NC(=O)Nc1ccnc(SCc2nc3ccccc3[nH]2)n1. The number of primary amides is 1. The summed E-state index contributed by atoms with van der Waals surface area (Å²) in [4.78, 5) is 26.8. The number of carbonyl (C=O) groups is 1. The molecule has 2 amide bonds. The average molecular weight is 300 g/mol. The maximum absolute atomic E-state index is 10.8. The van der Waals surface area contributed by atoms with E-state index in [-0.39, 0.29) is 0 Å². The molecular formula is C13H12N6OS. The van der Waals surface area contributed by atoms with E-state index in [1.165, 1.54) is 11.8 Å². The highest BCUT2D eigenvalue weighted by Crippen LogP contribution is 2.20. The zero-order valence-electron chi connectivity index (χ0n) is 10.9. The number of aromatic nitrogens is 4. The molecule has 0 radical (unpaired) electrons. The number of H-pyrrole nitrogens is 1. The van der Waals surface area contributed by atoms with Gasteiger partial charge in [0.15, 0.2) is 5.16 Å². The van der Waals surface area contributed by atoms with Gasteiger partial charge in [-0.25, -0.2) is 19.7 Å². The van der Waals surface area contributed by atoms with Crippen molar-refractivity contribution in [3.05, 3.63) is 42.4 Å². The highest BCUT2D eigenvalue weighted by Gasteiger charge is 2.06. The molecule has 0 unspecified atom stereocenters. The Morgan fingerprint density at radius 1 is 1.29 bits per heavy atom. The Balaban J connectivity index is 1.70. The number of nitrogens with two attached hydrogens (primary N) is 1. The lowest BCUT2D eigenvalue weighted by Gasteiger charge is -2.02. The molecule has 8 heteroatoms. The molecule has 106 valence electrons. The highest BCUT2D eigenvalue weighted by atomic mass is 32.2. The van der Waals surface area contributed by atoms with Gasteiger partial charge in [0.25, 0.3) is 0 Å². The second-order valence-electron chi connectivity index (χ2n) is 4.20. The van der Waals surface area contributed by atoms with Gasteiger partial charge < -0.3 is 10.7 Å². The van der Waals surface area contributed by atoms with E-state index in [2.05, 4.69) is 25.3 Å². The molecule has 0 aliphatic rings. The normalized spacial score (nSPS) is 10.7.